The van der Waals surface area contributed by atoms with E-state index in [1.807, 2.05) is 0 Å². The van der Waals surface area contributed by atoms with E-state index < -0.39 is 11.0 Å². The highest BCUT2D eigenvalue weighted by molar-refractivity contribution is 5.83. The molecule has 1 saturated heterocycles. The van der Waals surface area contributed by atoms with Crippen LogP contribution in [-0.2, 0) is 4.79 Å². The Hall–Kier alpha value is -2.66. The number of ether oxygens (including phenoxy) is 1. The average Bonchev–Trinajstić information content (AvgIpc) is 3.24. The van der Waals surface area contributed by atoms with E-state index in [0.29, 0.717) is 25.3 Å². The van der Waals surface area contributed by atoms with Gasteiger partial charge < -0.3 is 15.4 Å². The minimum atomic E-state index is -0.598. The van der Waals surface area contributed by atoms with Gasteiger partial charge in [0.2, 0.25) is 5.91 Å². The molecule has 25 heavy (non-hydrogen) atoms. The van der Waals surface area contributed by atoms with Crippen molar-refractivity contribution in [1.29, 1.82) is 5.26 Å². The number of nitro benzene ring substituents is 1. The number of nitro groups is 1. The van der Waals surface area contributed by atoms with E-state index in [4.69, 9.17) is 15.7 Å². The highest BCUT2D eigenvalue weighted by Crippen LogP contribution is 2.41. The van der Waals surface area contributed by atoms with E-state index >= 15 is 0 Å². The largest absolute Gasteiger partial charge is 0.493 e. The molecule has 1 heterocycles. The molecule has 8 nitrogen and oxygen atoms in total. The van der Waals surface area contributed by atoms with E-state index in [-0.39, 0.29) is 29.5 Å². The van der Waals surface area contributed by atoms with Crippen molar-refractivity contribution in [1.82, 2.24) is 4.90 Å². The lowest BCUT2D eigenvalue weighted by Crippen LogP contribution is -2.47. The molecule has 1 aromatic carbocycles. The number of nitrogens with two attached hydrogens (primary N) is 1. The number of nitriles is 1. The fourth-order valence-electron chi connectivity index (χ4n) is 3.31. The van der Waals surface area contributed by atoms with Gasteiger partial charge in [-0.15, -0.1) is 0 Å². The zero-order valence-electron chi connectivity index (χ0n) is 13.7. The van der Waals surface area contributed by atoms with Gasteiger partial charge in [0.05, 0.1) is 23.6 Å². The summed E-state index contributed by atoms with van der Waals surface area (Å²) in [6, 6.07) is 7.11. The molecule has 2 N–H and O–H groups in total. The van der Waals surface area contributed by atoms with Crippen LogP contribution >= 0.6 is 0 Å². The summed E-state index contributed by atoms with van der Waals surface area (Å²) in [6.45, 7) is 1.02. The van der Waals surface area contributed by atoms with Gasteiger partial charge in [0.15, 0.2) is 0 Å². The molecule has 4 atom stereocenters. The molecule has 1 aromatic rings. The summed E-state index contributed by atoms with van der Waals surface area (Å²) in [5.41, 5.74) is 6.12. The molecule has 1 aliphatic heterocycles. The van der Waals surface area contributed by atoms with Gasteiger partial charge in [0, 0.05) is 18.7 Å². The molecule has 3 rings (SSSR count). The molecule has 0 aromatic heterocycles. The van der Waals surface area contributed by atoms with Crippen LogP contribution in [0.25, 0.3) is 0 Å². The van der Waals surface area contributed by atoms with E-state index in [2.05, 4.69) is 6.07 Å². The van der Waals surface area contributed by atoms with Gasteiger partial charge in [-0.2, -0.15) is 5.26 Å². The van der Waals surface area contributed by atoms with Gasteiger partial charge in [0.25, 0.3) is 5.69 Å². The lowest BCUT2D eigenvalue weighted by Gasteiger charge is -2.23. The van der Waals surface area contributed by atoms with Crippen molar-refractivity contribution in [2.45, 2.75) is 31.3 Å². The number of carbonyl (C=O) groups is 1. The summed E-state index contributed by atoms with van der Waals surface area (Å²) < 4.78 is 5.64. The smallest absolute Gasteiger partial charge is 0.269 e. The molecule has 8 heteroatoms. The minimum absolute atomic E-state index is 0.0157. The molecular weight excluding hydrogens is 324 g/mol. The van der Waals surface area contributed by atoms with Crippen LogP contribution in [0.1, 0.15) is 19.3 Å². The topological polar surface area (TPSA) is 122 Å². The first-order valence-electron chi connectivity index (χ1n) is 8.34. The van der Waals surface area contributed by atoms with Crippen molar-refractivity contribution in [3.63, 3.8) is 0 Å². The Balaban J connectivity index is 1.48. The van der Waals surface area contributed by atoms with Crippen molar-refractivity contribution in [3.05, 3.63) is 34.4 Å². The molecule has 0 bridgehead atoms. The number of rotatable bonds is 6. The molecule has 1 saturated carbocycles. The van der Waals surface area contributed by atoms with Crippen molar-refractivity contribution in [2.75, 3.05) is 13.2 Å². The van der Waals surface area contributed by atoms with Crippen LogP contribution < -0.4 is 10.5 Å². The Labute approximate surface area is 145 Å². The first-order chi connectivity index (χ1) is 12.0. The molecule has 132 valence electrons. The number of hydrogen-bond acceptors (Lipinski definition) is 6. The summed E-state index contributed by atoms with van der Waals surface area (Å²) in [7, 11) is 0. The standard InChI is InChI=1S/C17H20N4O4/c18-9-13-2-1-7-20(13)17(22)16(19)15-8-11(15)10-25-14-5-3-12(4-6-14)21(23)24/h3-6,11,13,15-16H,1-2,7-8,10,19H2/t11-,13-,15-,16+/m0/s1. The van der Waals surface area contributed by atoms with E-state index in [1.54, 1.807) is 17.0 Å². The number of hydrogen-bond donors (Lipinski definition) is 1. The van der Waals surface area contributed by atoms with Crippen molar-refractivity contribution >= 4 is 11.6 Å². The third kappa shape index (κ3) is 3.72. The Morgan fingerprint density at radius 1 is 1.48 bits per heavy atom. The van der Waals surface area contributed by atoms with Gasteiger partial charge in [-0.1, -0.05) is 0 Å². The van der Waals surface area contributed by atoms with Gasteiger partial charge in [-0.3, -0.25) is 14.9 Å². The average molecular weight is 344 g/mol. The van der Waals surface area contributed by atoms with Crippen LogP contribution in [0.5, 0.6) is 5.75 Å². The number of benzene rings is 1. The summed E-state index contributed by atoms with van der Waals surface area (Å²) in [5.74, 6) is 0.662. The summed E-state index contributed by atoms with van der Waals surface area (Å²) in [5, 5.41) is 19.7. The predicted molar refractivity (Wildman–Crippen MR) is 88.5 cm³/mol. The van der Waals surface area contributed by atoms with Crippen molar-refractivity contribution in [2.24, 2.45) is 17.6 Å². The second-order valence-corrected chi connectivity index (χ2v) is 6.57. The zero-order chi connectivity index (χ0) is 18.0. The molecule has 2 aliphatic rings. The number of carbonyl (C=O) groups excluding carboxylic acids is 1. The predicted octanol–water partition coefficient (Wildman–Crippen LogP) is 1.45. The normalized spacial score (nSPS) is 25.9. The van der Waals surface area contributed by atoms with Crippen LogP contribution in [0.15, 0.2) is 24.3 Å². The monoisotopic (exact) mass is 344 g/mol. The lowest BCUT2D eigenvalue weighted by molar-refractivity contribution is -0.384. The Morgan fingerprint density at radius 2 is 2.20 bits per heavy atom. The van der Waals surface area contributed by atoms with Crippen molar-refractivity contribution in [3.8, 4) is 11.8 Å². The van der Waals surface area contributed by atoms with Crippen LogP contribution in [0.2, 0.25) is 0 Å². The molecular formula is C17H20N4O4. The van der Waals surface area contributed by atoms with E-state index in [0.717, 1.165) is 12.8 Å². The molecule has 2 fully saturated rings. The van der Waals surface area contributed by atoms with Crippen LogP contribution in [0.3, 0.4) is 0 Å². The molecule has 0 radical (unpaired) electrons. The number of nitrogens with zero attached hydrogens (tertiary/aromatic N) is 3. The highest BCUT2D eigenvalue weighted by atomic mass is 16.6. The number of likely N-dealkylation sites (tertiary alicyclic amines) is 1. The van der Waals surface area contributed by atoms with Gasteiger partial charge in [-0.25, -0.2) is 0 Å². The van der Waals surface area contributed by atoms with E-state index in [9.17, 15) is 14.9 Å². The lowest BCUT2D eigenvalue weighted by atomic mass is 10.1. The second kappa shape index (κ2) is 7.07. The minimum Gasteiger partial charge on any atom is -0.493 e. The van der Waals surface area contributed by atoms with Crippen LogP contribution in [0.4, 0.5) is 5.69 Å². The molecule has 0 unspecified atom stereocenters. The Kier molecular flexibility index (Phi) is 4.86. The van der Waals surface area contributed by atoms with Gasteiger partial charge >= 0.3 is 0 Å². The molecule has 1 aliphatic carbocycles. The quantitative estimate of drug-likeness (QED) is 0.615. The fourth-order valence-corrected chi connectivity index (χ4v) is 3.31. The first-order valence-corrected chi connectivity index (χ1v) is 8.34. The first kappa shape index (κ1) is 17.2. The fraction of sp³-hybridized carbons (Fsp3) is 0.529. The summed E-state index contributed by atoms with van der Waals surface area (Å²) in [6.07, 6.45) is 2.37. The van der Waals surface area contributed by atoms with Crippen LogP contribution in [-0.4, -0.2) is 41.0 Å². The SMILES string of the molecule is N#C[C@@H]1CCCN1C(=O)[C@H](N)[C@H]1C[C@H]1COc1ccc([N+](=O)[O-])cc1. The van der Waals surface area contributed by atoms with Crippen LogP contribution in [0, 0.1) is 33.3 Å². The van der Waals surface area contributed by atoms with Gasteiger partial charge in [-0.05, 0) is 43.2 Å². The molecule has 0 spiro atoms. The number of amides is 1. The molecule has 1 amide bonds. The number of non-ortho nitro benzene ring substituents is 1. The summed E-state index contributed by atoms with van der Waals surface area (Å²) >= 11 is 0. The second-order valence-electron chi connectivity index (χ2n) is 6.57. The Bertz CT molecular complexity index is 700. The maximum atomic E-state index is 12.5. The Morgan fingerprint density at radius 3 is 2.84 bits per heavy atom. The van der Waals surface area contributed by atoms with Crippen molar-refractivity contribution < 1.29 is 14.5 Å². The highest BCUT2D eigenvalue weighted by Gasteiger charge is 2.47. The maximum Gasteiger partial charge on any atom is 0.269 e. The van der Waals surface area contributed by atoms with Gasteiger partial charge in [0.1, 0.15) is 11.8 Å². The zero-order valence-corrected chi connectivity index (χ0v) is 13.7. The summed E-state index contributed by atoms with van der Waals surface area (Å²) in [4.78, 5) is 24.2. The van der Waals surface area contributed by atoms with E-state index in [1.165, 1.54) is 12.1 Å². The third-order valence-electron chi connectivity index (χ3n) is 4.92. The third-order valence-corrected chi connectivity index (χ3v) is 4.92. The maximum absolute atomic E-state index is 12.5.